The molecular weight excluding hydrogens is 409 g/mol. The Kier molecular flexibility index (Phi) is 6.76. The second-order valence-corrected chi connectivity index (χ2v) is 9.37. The number of ether oxygens (including phenoxy) is 1. The maximum atomic E-state index is 13.5. The summed E-state index contributed by atoms with van der Waals surface area (Å²) in [5, 5.41) is 9.79. The van der Waals surface area contributed by atoms with Crippen LogP contribution in [0.3, 0.4) is 0 Å². The molecule has 32 heavy (non-hydrogen) atoms. The quantitative estimate of drug-likeness (QED) is 0.713. The van der Waals surface area contributed by atoms with Crippen molar-refractivity contribution >= 4 is 5.91 Å². The van der Waals surface area contributed by atoms with E-state index in [0.29, 0.717) is 23.6 Å². The van der Waals surface area contributed by atoms with Crippen molar-refractivity contribution in [1.29, 1.82) is 0 Å². The van der Waals surface area contributed by atoms with E-state index in [4.69, 9.17) is 4.74 Å². The third kappa shape index (κ3) is 5.10. The van der Waals surface area contributed by atoms with Crippen molar-refractivity contribution in [3.8, 4) is 17.0 Å². The molecule has 1 aromatic carbocycles. The van der Waals surface area contributed by atoms with Gasteiger partial charge in [-0.3, -0.25) is 4.79 Å². The first-order chi connectivity index (χ1) is 15.4. The molecule has 0 radical (unpaired) electrons. The summed E-state index contributed by atoms with van der Waals surface area (Å²) in [6.07, 6.45) is 4.11. The lowest BCUT2D eigenvalue weighted by molar-refractivity contribution is 0.0328. The fourth-order valence-corrected chi connectivity index (χ4v) is 4.24. The van der Waals surface area contributed by atoms with Crippen molar-refractivity contribution < 1.29 is 19.0 Å². The van der Waals surface area contributed by atoms with Crippen LogP contribution in [0.15, 0.2) is 36.5 Å². The monoisotopic (exact) mass is 441 g/mol. The molecule has 0 bridgehead atoms. The third-order valence-corrected chi connectivity index (χ3v) is 6.46. The van der Waals surface area contributed by atoms with E-state index in [1.807, 2.05) is 6.92 Å². The summed E-state index contributed by atoms with van der Waals surface area (Å²) >= 11 is 0. The molecule has 2 heterocycles. The van der Waals surface area contributed by atoms with E-state index in [9.17, 15) is 14.3 Å². The van der Waals surface area contributed by atoms with Crippen LogP contribution in [0.1, 0.15) is 37.0 Å². The number of hydrogen-bond acceptors (Lipinski definition) is 5. The summed E-state index contributed by atoms with van der Waals surface area (Å²) in [5.74, 6) is 0.630. The number of carbonyl (C=O) groups is 1. The number of benzene rings is 1. The van der Waals surface area contributed by atoms with E-state index in [2.05, 4.69) is 23.9 Å². The fraction of sp³-hybridized carbons (Fsp3) is 0.520. The summed E-state index contributed by atoms with van der Waals surface area (Å²) in [6.45, 7) is 6.09. The van der Waals surface area contributed by atoms with Crippen LogP contribution in [0.4, 0.5) is 4.39 Å². The predicted molar refractivity (Wildman–Crippen MR) is 121 cm³/mol. The minimum absolute atomic E-state index is 0.0707. The highest BCUT2D eigenvalue weighted by molar-refractivity contribution is 5.98. The number of likely N-dealkylation sites (N-methyl/N-ethyl adjacent to an activating group) is 1. The van der Waals surface area contributed by atoms with Gasteiger partial charge in [-0.15, -0.1) is 0 Å². The van der Waals surface area contributed by atoms with E-state index in [-0.39, 0.29) is 36.4 Å². The number of aliphatic hydroxyl groups excluding tert-OH is 1. The molecule has 1 aliphatic heterocycles. The highest BCUT2D eigenvalue weighted by Gasteiger charge is 2.35. The largest absolute Gasteiger partial charge is 0.472 e. The smallest absolute Gasteiger partial charge is 0.259 e. The average molecular weight is 442 g/mol. The summed E-state index contributed by atoms with van der Waals surface area (Å²) in [5.41, 5.74) is 1.86. The first-order valence-electron chi connectivity index (χ1n) is 11.4. The first kappa shape index (κ1) is 22.7. The Balaban J connectivity index is 1.68. The molecule has 2 aromatic rings. The summed E-state index contributed by atoms with van der Waals surface area (Å²) in [6, 6.07) is 7.54. The van der Waals surface area contributed by atoms with Crippen molar-refractivity contribution in [3.05, 3.63) is 47.9 Å². The van der Waals surface area contributed by atoms with Gasteiger partial charge in [0.05, 0.1) is 12.6 Å². The molecule has 0 spiro atoms. The molecule has 3 atom stereocenters. The van der Waals surface area contributed by atoms with Crippen molar-refractivity contribution in [3.63, 3.8) is 0 Å². The van der Waals surface area contributed by atoms with Crippen molar-refractivity contribution in [2.75, 3.05) is 33.3 Å². The van der Waals surface area contributed by atoms with Crippen LogP contribution in [0.2, 0.25) is 0 Å². The Morgan fingerprint density at radius 2 is 1.97 bits per heavy atom. The second kappa shape index (κ2) is 9.55. The van der Waals surface area contributed by atoms with E-state index in [0.717, 1.165) is 24.6 Å². The Labute approximate surface area is 189 Å². The van der Waals surface area contributed by atoms with Gasteiger partial charge in [-0.05, 0) is 56.5 Å². The molecule has 0 unspecified atom stereocenters. The number of carbonyl (C=O) groups excluding carboxylic acids is 1. The molecule has 1 N–H and O–H groups in total. The topological polar surface area (TPSA) is 65.9 Å². The molecule has 172 valence electrons. The average Bonchev–Trinajstić information content (AvgIpc) is 3.59. The van der Waals surface area contributed by atoms with Crippen LogP contribution in [0.25, 0.3) is 11.1 Å². The summed E-state index contributed by atoms with van der Waals surface area (Å²) < 4.78 is 19.7. The Hall–Kier alpha value is -2.51. The number of fused-ring (bicyclic) bond motifs is 1. The molecule has 1 fully saturated rings. The highest BCUT2D eigenvalue weighted by atomic mass is 19.1. The zero-order chi connectivity index (χ0) is 22.8. The molecule has 1 amide bonds. The Bertz CT molecular complexity index is 948. The number of pyridine rings is 1. The minimum atomic E-state index is -0.324. The molecule has 1 saturated carbocycles. The molecule has 6 nitrogen and oxygen atoms in total. The van der Waals surface area contributed by atoms with Crippen LogP contribution in [-0.2, 0) is 0 Å². The predicted octanol–water partition coefficient (Wildman–Crippen LogP) is 3.45. The molecule has 0 saturated heterocycles. The van der Waals surface area contributed by atoms with Gasteiger partial charge in [-0.25, -0.2) is 9.37 Å². The summed E-state index contributed by atoms with van der Waals surface area (Å²) in [7, 11) is 2.11. The van der Waals surface area contributed by atoms with Gasteiger partial charge in [-0.2, -0.15) is 0 Å². The minimum Gasteiger partial charge on any atom is -0.472 e. The molecule has 2 aliphatic rings. The van der Waals surface area contributed by atoms with Gasteiger partial charge in [0.15, 0.2) is 0 Å². The van der Waals surface area contributed by atoms with Crippen LogP contribution in [0.5, 0.6) is 5.88 Å². The zero-order valence-electron chi connectivity index (χ0n) is 19.0. The highest BCUT2D eigenvalue weighted by Crippen LogP contribution is 2.32. The number of aromatic nitrogens is 1. The van der Waals surface area contributed by atoms with E-state index in [1.54, 1.807) is 29.3 Å². The number of amides is 1. The number of nitrogens with zero attached hydrogens (tertiary/aromatic N) is 3. The Morgan fingerprint density at radius 1 is 1.25 bits per heavy atom. The molecule has 1 aliphatic carbocycles. The Morgan fingerprint density at radius 3 is 2.62 bits per heavy atom. The first-order valence-corrected chi connectivity index (χ1v) is 11.4. The third-order valence-electron chi connectivity index (χ3n) is 6.46. The van der Waals surface area contributed by atoms with Gasteiger partial charge < -0.3 is 19.6 Å². The lowest BCUT2D eigenvalue weighted by Gasteiger charge is -2.37. The number of hydrogen-bond donors (Lipinski definition) is 1. The van der Waals surface area contributed by atoms with Gasteiger partial charge in [0, 0.05) is 37.3 Å². The maximum absolute atomic E-state index is 13.5. The van der Waals surface area contributed by atoms with Crippen LogP contribution < -0.4 is 4.74 Å². The van der Waals surface area contributed by atoms with Crippen molar-refractivity contribution in [1.82, 2.24) is 14.8 Å². The van der Waals surface area contributed by atoms with Crippen LogP contribution in [0, 0.1) is 17.7 Å². The van der Waals surface area contributed by atoms with Crippen molar-refractivity contribution in [2.45, 2.75) is 38.8 Å². The molecule has 7 heteroatoms. The number of rotatable bonds is 7. The van der Waals surface area contributed by atoms with Gasteiger partial charge in [0.25, 0.3) is 5.91 Å². The van der Waals surface area contributed by atoms with Gasteiger partial charge in [0.1, 0.15) is 17.5 Å². The van der Waals surface area contributed by atoms with E-state index >= 15 is 0 Å². The number of aliphatic hydroxyl groups is 1. The van der Waals surface area contributed by atoms with Gasteiger partial charge in [-0.1, -0.05) is 19.1 Å². The molecule has 4 rings (SSSR count). The van der Waals surface area contributed by atoms with Gasteiger partial charge >= 0.3 is 0 Å². The molecule has 1 aromatic heterocycles. The zero-order valence-corrected chi connectivity index (χ0v) is 19.0. The normalized spacial score (nSPS) is 22.2. The van der Waals surface area contributed by atoms with Gasteiger partial charge in [0.2, 0.25) is 5.88 Å². The SMILES string of the molecule is C[C@H](CO)N1C[C@H](C)[C@H](CN(C)CC2CC2)Oc2ncc(-c3ccc(F)cc3)cc2C1=O. The van der Waals surface area contributed by atoms with Crippen LogP contribution in [-0.4, -0.2) is 71.2 Å². The summed E-state index contributed by atoms with van der Waals surface area (Å²) in [4.78, 5) is 22.0. The lowest BCUT2D eigenvalue weighted by atomic mass is 9.99. The van der Waals surface area contributed by atoms with Crippen molar-refractivity contribution in [2.24, 2.45) is 11.8 Å². The van der Waals surface area contributed by atoms with Crippen LogP contribution >= 0.6 is 0 Å². The second-order valence-electron chi connectivity index (χ2n) is 9.37. The van der Waals surface area contributed by atoms with E-state index < -0.39 is 0 Å². The van der Waals surface area contributed by atoms with E-state index in [1.165, 1.54) is 25.0 Å². The number of halogens is 1. The lowest BCUT2D eigenvalue weighted by Crippen LogP contribution is -2.50. The standard InChI is InChI=1S/C25H32FN3O3/c1-16-12-29(17(2)15-30)25(31)22-10-20(19-6-8-21(26)9-7-19)11-27-24(22)32-23(16)14-28(3)13-18-4-5-18/h6-11,16-18,23,30H,4-5,12-15H2,1-3H3/t16-,17+,23-/m0/s1. The maximum Gasteiger partial charge on any atom is 0.259 e. The fourth-order valence-electron chi connectivity index (χ4n) is 4.24. The molecular formula is C25H32FN3O3.